The Morgan fingerprint density at radius 2 is 2.04 bits per heavy atom. The van der Waals surface area contributed by atoms with E-state index in [1.807, 2.05) is 0 Å². The lowest BCUT2D eigenvalue weighted by atomic mass is 10.3. The first-order chi connectivity index (χ1) is 11.5. The fraction of sp³-hybridized carbons (Fsp3) is 0.0833. The maximum absolute atomic E-state index is 12.2. The number of benzene rings is 1. The number of aromatic nitrogens is 1. The topological polar surface area (TPSA) is 151 Å². The summed E-state index contributed by atoms with van der Waals surface area (Å²) < 4.78 is 26.7. The summed E-state index contributed by atoms with van der Waals surface area (Å²) in [6, 6.07) is 4.69. The minimum Gasteiger partial charge on any atom is -0.383 e. The van der Waals surface area contributed by atoms with Crippen LogP contribution in [0.5, 0.6) is 0 Å². The van der Waals surface area contributed by atoms with Gasteiger partial charge in [-0.05, 0) is 24.3 Å². The normalized spacial score (nSPS) is 17.8. The number of amides is 1. The molecule has 0 radical (unpaired) electrons. The number of hydrogen-bond acceptors (Lipinski definition) is 9. The van der Waals surface area contributed by atoms with Crippen molar-refractivity contribution in [1.82, 2.24) is 10.4 Å². The van der Waals surface area contributed by atoms with Crippen molar-refractivity contribution in [1.29, 1.82) is 0 Å². The third-order valence-corrected chi connectivity index (χ3v) is 5.09. The molecule has 1 atom stereocenters. The molecule has 2 aromatic rings. The molecular formula is C12H11N7O3S2. The number of thiazole rings is 1. The van der Waals surface area contributed by atoms with E-state index in [4.69, 9.17) is 5.73 Å². The highest BCUT2D eigenvalue weighted by molar-refractivity contribution is 7.93. The maximum atomic E-state index is 12.2. The first-order valence-corrected chi connectivity index (χ1v) is 8.88. The summed E-state index contributed by atoms with van der Waals surface area (Å²) in [5.41, 5.74) is 8.05. The first kappa shape index (κ1) is 16.0. The van der Waals surface area contributed by atoms with Crippen LogP contribution in [-0.2, 0) is 14.8 Å². The molecule has 0 spiro atoms. The molecule has 124 valence electrons. The highest BCUT2D eigenvalue weighted by atomic mass is 32.2. The van der Waals surface area contributed by atoms with Crippen LogP contribution in [0.4, 0.5) is 10.8 Å². The van der Waals surface area contributed by atoms with Crippen molar-refractivity contribution in [2.24, 2.45) is 21.1 Å². The van der Waals surface area contributed by atoms with E-state index < -0.39 is 22.0 Å². The van der Waals surface area contributed by atoms with E-state index in [0.717, 1.165) is 0 Å². The summed E-state index contributed by atoms with van der Waals surface area (Å²) >= 11 is 1.17. The molecule has 1 unspecified atom stereocenters. The fourth-order valence-electron chi connectivity index (χ4n) is 1.75. The largest absolute Gasteiger partial charge is 0.383 e. The molecule has 12 heteroatoms. The molecule has 24 heavy (non-hydrogen) atoms. The lowest BCUT2D eigenvalue weighted by molar-refractivity contribution is -0.120. The van der Waals surface area contributed by atoms with Crippen molar-refractivity contribution in [2.45, 2.75) is 10.9 Å². The van der Waals surface area contributed by atoms with Crippen LogP contribution in [-0.4, -0.2) is 31.2 Å². The summed E-state index contributed by atoms with van der Waals surface area (Å²) in [6.45, 7) is 0. The molecule has 1 amide bonds. The molecule has 1 aliphatic rings. The van der Waals surface area contributed by atoms with Crippen LogP contribution in [0, 0.1) is 0 Å². The van der Waals surface area contributed by atoms with Gasteiger partial charge in [0, 0.05) is 11.6 Å². The van der Waals surface area contributed by atoms with E-state index in [0.29, 0.717) is 5.69 Å². The number of nitrogens with two attached hydrogens (primary N) is 1. The molecule has 1 aliphatic heterocycles. The molecular weight excluding hydrogens is 354 g/mol. The van der Waals surface area contributed by atoms with E-state index in [-0.39, 0.29) is 15.9 Å². The Labute approximate surface area is 140 Å². The average Bonchev–Trinajstić information content (AvgIpc) is 3.16. The SMILES string of the molecule is NC1=NNC(=O)C1N=Nc1ccc(S(=O)(=O)Nc2nccs2)cc1. The van der Waals surface area contributed by atoms with Crippen LogP contribution in [0.15, 0.2) is 56.1 Å². The summed E-state index contributed by atoms with van der Waals surface area (Å²) in [6.07, 6.45) is 1.50. The predicted molar refractivity (Wildman–Crippen MR) is 87.4 cm³/mol. The molecule has 2 heterocycles. The van der Waals surface area contributed by atoms with Gasteiger partial charge in [0.25, 0.3) is 15.9 Å². The minimum absolute atomic E-state index is 0.0237. The van der Waals surface area contributed by atoms with Crippen molar-refractivity contribution < 1.29 is 13.2 Å². The number of carbonyl (C=O) groups excluding carboxylic acids is 1. The zero-order valence-electron chi connectivity index (χ0n) is 11.9. The van der Waals surface area contributed by atoms with Gasteiger partial charge in [0.15, 0.2) is 11.0 Å². The van der Waals surface area contributed by atoms with Gasteiger partial charge < -0.3 is 5.73 Å². The lowest BCUT2D eigenvalue weighted by Gasteiger charge is -2.05. The third kappa shape index (κ3) is 3.38. The Morgan fingerprint density at radius 3 is 2.62 bits per heavy atom. The molecule has 0 bridgehead atoms. The zero-order valence-corrected chi connectivity index (χ0v) is 13.6. The van der Waals surface area contributed by atoms with Gasteiger partial charge in [-0.1, -0.05) is 0 Å². The summed E-state index contributed by atoms with van der Waals surface area (Å²) in [5, 5.41) is 13.1. The van der Waals surface area contributed by atoms with Crippen LogP contribution in [0.2, 0.25) is 0 Å². The van der Waals surface area contributed by atoms with E-state index in [9.17, 15) is 13.2 Å². The standard InChI is InChI=1S/C12H11N7O3S2/c13-10-9(11(20)18-17-10)16-15-7-1-3-8(4-2-7)24(21,22)19-12-14-5-6-23-12/h1-6,9H,(H2,13,17)(H,14,19)(H,18,20). The van der Waals surface area contributed by atoms with Gasteiger partial charge in [-0.25, -0.2) is 18.8 Å². The number of azo groups is 1. The summed E-state index contributed by atoms with van der Waals surface area (Å²) in [7, 11) is -3.73. The Balaban J connectivity index is 1.73. The van der Waals surface area contributed by atoms with Crippen LogP contribution >= 0.6 is 11.3 Å². The summed E-state index contributed by atoms with van der Waals surface area (Å²) in [5.74, 6) is -0.446. The number of sulfonamides is 1. The van der Waals surface area contributed by atoms with E-state index >= 15 is 0 Å². The second-order valence-electron chi connectivity index (χ2n) is 4.57. The zero-order chi connectivity index (χ0) is 17.2. The number of hydrazone groups is 1. The number of rotatable bonds is 5. The third-order valence-electron chi connectivity index (χ3n) is 2.91. The molecule has 1 aromatic heterocycles. The Bertz CT molecular complexity index is 905. The number of carbonyl (C=O) groups is 1. The van der Waals surface area contributed by atoms with Crippen molar-refractivity contribution in [2.75, 3.05) is 4.72 Å². The Kier molecular flexibility index (Phi) is 4.22. The van der Waals surface area contributed by atoms with Gasteiger partial charge in [-0.2, -0.15) is 15.3 Å². The first-order valence-electron chi connectivity index (χ1n) is 6.52. The number of hydrogen-bond donors (Lipinski definition) is 3. The van der Waals surface area contributed by atoms with Gasteiger partial charge in [-0.3, -0.25) is 9.52 Å². The number of anilines is 1. The Hall–Kier alpha value is -2.86. The lowest BCUT2D eigenvalue weighted by Crippen LogP contribution is -2.31. The number of amidine groups is 1. The Morgan fingerprint density at radius 1 is 1.29 bits per heavy atom. The molecule has 3 rings (SSSR count). The van der Waals surface area contributed by atoms with Crippen LogP contribution < -0.4 is 15.9 Å². The summed E-state index contributed by atoms with van der Waals surface area (Å²) in [4.78, 5) is 15.3. The average molecular weight is 365 g/mol. The van der Waals surface area contributed by atoms with Crippen LogP contribution in [0.3, 0.4) is 0 Å². The number of nitrogens with zero attached hydrogens (tertiary/aromatic N) is 4. The monoisotopic (exact) mass is 365 g/mol. The molecule has 4 N–H and O–H groups in total. The van der Waals surface area contributed by atoms with Crippen LogP contribution in [0.25, 0.3) is 0 Å². The number of nitrogens with one attached hydrogen (secondary N) is 2. The van der Waals surface area contributed by atoms with Crippen molar-refractivity contribution >= 4 is 43.9 Å². The smallest absolute Gasteiger partial charge is 0.274 e. The van der Waals surface area contributed by atoms with Crippen molar-refractivity contribution in [3.05, 3.63) is 35.8 Å². The molecule has 10 nitrogen and oxygen atoms in total. The van der Waals surface area contributed by atoms with Gasteiger partial charge in [0.2, 0.25) is 6.04 Å². The highest BCUT2D eigenvalue weighted by Gasteiger charge is 2.27. The van der Waals surface area contributed by atoms with E-state index in [1.54, 1.807) is 5.38 Å². The van der Waals surface area contributed by atoms with Gasteiger partial charge in [0.1, 0.15) is 0 Å². The minimum atomic E-state index is -3.73. The molecule has 1 aromatic carbocycles. The van der Waals surface area contributed by atoms with E-state index in [2.05, 4.69) is 30.5 Å². The molecule has 0 fully saturated rings. The quantitative estimate of drug-likeness (QED) is 0.669. The van der Waals surface area contributed by atoms with Gasteiger partial charge in [0.05, 0.1) is 10.6 Å². The van der Waals surface area contributed by atoms with Gasteiger partial charge >= 0.3 is 0 Å². The predicted octanol–water partition coefficient (Wildman–Crippen LogP) is 0.798. The maximum Gasteiger partial charge on any atom is 0.274 e. The molecule has 0 aliphatic carbocycles. The van der Waals surface area contributed by atoms with E-state index in [1.165, 1.54) is 41.8 Å². The fourth-order valence-corrected chi connectivity index (χ4v) is 3.54. The molecule has 0 saturated carbocycles. The molecule has 0 saturated heterocycles. The second kappa shape index (κ2) is 6.33. The second-order valence-corrected chi connectivity index (χ2v) is 7.14. The van der Waals surface area contributed by atoms with Crippen molar-refractivity contribution in [3.8, 4) is 0 Å². The van der Waals surface area contributed by atoms with Crippen molar-refractivity contribution in [3.63, 3.8) is 0 Å². The van der Waals surface area contributed by atoms with Crippen LogP contribution in [0.1, 0.15) is 0 Å². The van der Waals surface area contributed by atoms with Gasteiger partial charge in [-0.15, -0.1) is 11.3 Å². The highest BCUT2D eigenvalue weighted by Crippen LogP contribution is 2.21.